The predicted molar refractivity (Wildman–Crippen MR) is 105 cm³/mol. The summed E-state index contributed by atoms with van der Waals surface area (Å²) in [6.45, 7) is 3.77. The normalized spacial score (nSPS) is 17.2. The lowest BCUT2D eigenvalue weighted by molar-refractivity contribution is 0.481. The Bertz CT molecular complexity index is 726. The minimum Gasteiger partial charge on any atom is -0.358 e. The number of hydrogen-bond acceptors (Lipinski definition) is 5. The van der Waals surface area contributed by atoms with Crippen molar-refractivity contribution in [3.8, 4) is 0 Å². The second-order valence-electron chi connectivity index (χ2n) is 6.08. The molecule has 3 rings (SSSR count). The number of hydrogen-bond donors (Lipinski definition) is 2. The van der Waals surface area contributed by atoms with Gasteiger partial charge in [-0.25, -0.2) is 4.98 Å². The minimum atomic E-state index is 0.403. The van der Waals surface area contributed by atoms with Gasteiger partial charge in [0.1, 0.15) is 11.0 Å². The summed E-state index contributed by atoms with van der Waals surface area (Å²) < 4.78 is 0. The predicted octanol–water partition coefficient (Wildman–Crippen LogP) is 3.39. The minimum absolute atomic E-state index is 0.403. The Morgan fingerprint density at radius 2 is 2.28 bits per heavy atom. The van der Waals surface area contributed by atoms with Gasteiger partial charge in [-0.3, -0.25) is 4.98 Å². The number of halogens is 1. The molecule has 0 radical (unpaired) electrons. The van der Waals surface area contributed by atoms with Crippen LogP contribution < -0.4 is 15.5 Å². The molecule has 0 unspecified atom stereocenters. The lowest BCUT2D eigenvalue weighted by Crippen LogP contribution is -2.38. The van der Waals surface area contributed by atoms with E-state index in [9.17, 15) is 0 Å². The van der Waals surface area contributed by atoms with E-state index in [4.69, 9.17) is 23.8 Å². The van der Waals surface area contributed by atoms with Crippen LogP contribution in [0.4, 0.5) is 11.8 Å². The van der Waals surface area contributed by atoms with Crippen LogP contribution in [0.5, 0.6) is 0 Å². The smallest absolute Gasteiger partial charge is 0.232 e. The molecule has 8 heteroatoms. The molecule has 2 aromatic rings. The van der Waals surface area contributed by atoms with Crippen molar-refractivity contribution in [2.24, 2.45) is 0 Å². The van der Waals surface area contributed by atoms with Crippen molar-refractivity contribution in [1.82, 2.24) is 20.3 Å². The van der Waals surface area contributed by atoms with Gasteiger partial charge in [0, 0.05) is 37.6 Å². The molecule has 132 valence electrons. The van der Waals surface area contributed by atoms with Crippen molar-refractivity contribution in [3.63, 3.8) is 0 Å². The van der Waals surface area contributed by atoms with Crippen LogP contribution in [0, 0.1) is 0 Å². The van der Waals surface area contributed by atoms with Gasteiger partial charge in [0.05, 0.1) is 0 Å². The molecule has 1 aliphatic heterocycles. The van der Waals surface area contributed by atoms with Crippen molar-refractivity contribution in [1.29, 1.82) is 0 Å². The summed E-state index contributed by atoms with van der Waals surface area (Å²) >= 11 is 11.5. The maximum Gasteiger partial charge on any atom is 0.232 e. The lowest BCUT2D eigenvalue weighted by atomic mass is 10.0. The molecular weight excluding hydrogens is 356 g/mol. The molecule has 0 spiro atoms. The Morgan fingerprint density at radius 3 is 3.04 bits per heavy atom. The highest BCUT2D eigenvalue weighted by Crippen LogP contribution is 2.25. The van der Waals surface area contributed by atoms with E-state index in [-0.39, 0.29) is 0 Å². The van der Waals surface area contributed by atoms with E-state index >= 15 is 0 Å². The van der Waals surface area contributed by atoms with E-state index in [1.54, 1.807) is 18.5 Å². The van der Waals surface area contributed by atoms with E-state index in [0.29, 0.717) is 28.8 Å². The average Bonchev–Trinajstić information content (AvgIpc) is 2.61. The quantitative estimate of drug-likeness (QED) is 0.626. The zero-order chi connectivity index (χ0) is 17.6. The molecule has 6 nitrogen and oxygen atoms in total. The molecule has 3 heterocycles. The second-order valence-corrected chi connectivity index (χ2v) is 6.88. The molecule has 1 aliphatic rings. The van der Waals surface area contributed by atoms with Gasteiger partial charge in [-0.1, -0.05) is 17.7 Å². The van der Waals surface area contributed by atoms with Gasteiger partial charge in [0.25, 0.3) is 0 Å². The van der Waals surface area contributed by atoms with Crippen LogP contribution in [0.15, 0.2) is 30.6 Å². The Labute approximate surface area is 158 Å². The summed E-state index contributed by atoms with van der Waals surface area (Å²) in [6.07, 6.45) is 7.11. The molecule has 1 saturated heterocycles. The van der Waals surface area contributed by atoms with Crippen LogP contribution in [0.25, 0.3) is 0 Å². The zero-order valence-corrected chi connectivity index (χ0v) is 15.6. The number of anilines is 2. The van der Waals surface area contributed by atoms with Crippen LogP contribution in [-0.2, 0) is 6.54 Å². The molecule has 1 fully saturated rings. The van der Waals surface area contributed by atoms with Gasteiger partial charge in [0.2, 0.25) is 5.95 Å². The Kier molecular flexibility index (Phi) is 5.99. The van der Waals surface area contributed by atoms with Crippen LogP contribution in [0.3, 0.4) is 0 Å². The summed E-state index contributed by atoms with van der Waals surface area (Å²) in [7, 11) is 0. The van der Waals surface area contributed by atoms with E-state index in [1.807, 2.05) is 12.1 Å². The summed E-state index contributed by atoms with van der Waals surface area (Å²) in [5.41, 5.74) is 1.04. The zero-order valence-electron chi connectivity index (χ0n) is 14.1. The number of piperidine rings is 1. The SMILES string of the molecule is C[C@H]1CCCCN1c1cc(Cl)nc(NC(=S)NCc2cccnc2)n1. The molecule has 0 bridgehead atoms. The van der Waals surface area contributed by atoms with Gasteiger partial charge in [0.15, 0.2) is 5.11 Å². The van der Waals surface area contributed by atoms with Crippen molar-refractivity contribution in [2.75, 3.05) is 16.8 Å². The third kappa shape index (κ3) is 4.99. The first-order chi connectivity index (χ1) is 12.1. The molecule has 0 amide bonds. The number of aromatic nitrogens is 3. The highest BCUT2D eigenvalue weighted by Gasteiger charge is 2.20. The van der Waals surface area contributed by atoms with Crippen molar-refractivity contribution >= 4 is 40.7 Å². The molecule has 2 aromatic heterocycles. The summed E-state index contributed by atoms with van der Waals surface area (Å²) in [5, 5.41) is 6.98. The first-order valence-corrected chi connectivity index (χ1v) is 9.15. The number of pyridine rings is 1. The molecule has 0 saturated carbocycles. The van der Waals surface area contributed by atoms with Crippen LogP contribution in [0.1, 0.15) is 31.7 Å². The number of nitrogens with one attached hydrogen (secondary N) is 2. The number of rotatable bonds is 4. The van der Waals surface area contributed by atoms with E-state index in [2.05, 4.69) is 37.4 Å². The first-order valence-electron chi connectivity index (χ1n) is 8.37. The average molecular weight is 377 g/mol. The molecule has 2 N–H and O–H groups in total. The summed E-state index contributed by atoms with van der Waals surface area (Å²) in [4.78, 5) is 15.2. The van der Waals surface area contributed by atoms with E-state index in [1.165, 1.54) is 12.8 Å². The Hall–Kier alpha value is -1.99. The van der Waals surface area contributed by atoms with Gasteiger partial charge >= 0.3 is 0 Å². The monoisotopic (exact) mass is 376 g/mol. The fourth-order valence-corrected chi connectivity index (χ4v) is 3.22. The maximum absolute atomic E-state index is 6.18. The van der Waals surface area contributed by atoms with Gasteiger partial charge < -0.3 is 15.5 Å². The lowest BCUT2D eigenvalue weighted by Gasteiger charge is -2.34. The third-order valence-electron chi connectivity index (χ3n) is 4.18. The largest absolute Gasteiger partial charge is 0.358 e. The Morgan fingerprint density at radius 1 is 1.40 bits per heavy atom. The second kappa shape index (κ2) is 8.40. The first kappa shape index (κ1) is 17.8. The molecule has 0 aromatic carbocycles. The van der Waals surface area contributed by atoms with Gasteiger partial charge in [-0.2, -0.15) is 4.98 Å². The molecule has 25 heavy (non-hydrogen) atoms. The highest BCUT2D eigenvalue weighted by molar-refractivity contribution is 7.80. The maximum atomic E-state index is 6.18. The molecule has 1 atom stereocenters. The van der Waals surface area contributed by atoms with Crippen molar-refractivity contribution in [2.45, 2.75) is 38.8 Å². The van der Waals surface area contributed by atoms with E-state index < -0.39 is 0 Å². The summed E-state index contributed by atoms with van der Waals surface area (Å²) in [5.74, 6) is 1.24. The van der Waals surface area contributed by atoms with Crippen molar-refractivity contribution in [3.05, 3.63) is 41.3 Å². The van der Waals surface area contributed by atoms with Crippen LogP contribution in [0.2, 0.25) is 5.15 Å². The van der Waals surface area contributed by atoms with Crippen molar-refractivity contribution < 1.29 is 0 Å². The molecule has 0 aliphatic carbocycles. The van der Waals surface area contributed by atoms with E-state index in [0.717, 1.165) is 24.3 Å². The van der Waals surface area contributed by atoms with Crippen LogP contribution >= 0.6 is 23.8 Å². The topological polar surface area (TPSA) is 66.0 Å². The standard InChI is InChI=1S/C17H21ClN6S/c1-12-5-2-3-8-24(12)15-9-14(18)21-16(22-15)23-17(25)20-11-13-6-4-7-19-10-13/h4,6-7,9-10,12H,2-3,5,8,11H2,1H3,(H2,20,21,22,23,25)/t12-/m0/s1. The van der Waals surface area contributed by atoms with Crippen LogP contribution in [-0.4, -0.2) is 32.7 Å². The number of nitrogens with zero attached hydrogens (tertiary/aromatic N) is 4. The van der Waals surface area contributed by atoms with Gasteiger partial charge in [-0.15, -0.1) is 0 Å². The fourth-order valence-electron chi connectivity index (χ4n) is 2.88. The number of thiocarbonyl (C=S) groups is 1. The van der Waals surface area contributed by atoms with Gasteiger partial charge in [-0.05, 0) is 50.0 Å². The molecular formula is C17H21ClN6S. The highest BCUT2D eigenvalue weighted by atomic mass is 35.5. The third-order valence-corrected chi connectivity index (χ3v) is 4.62. The summed E-state index contributed by atoms with van der Waals surface area (Å²) in [6, 6.07) is 6.12. The Balaban J connectivity index is 1.64. The fraction of sp³-hybridized carbons (Fsp3) is 0.412.